The van der Waals surface area contributed by atoms with Crippen LogP contribution in [-0.2, 0) is 9.53 Å². The van der Waals surface area contributed by atoms with Gasteiger partial charge in [-0.15, -0.1) is 5.10 Å². The number of nitrogens with one attached hydrogen (secondary N) is 1. The Morgan fingerprint density at radius 1 is 1.48 bits per heavy atom. The van der Waals surface area contributed by atoms with Gasteiger partial charge in [0.2, 0.25) is 5.91 Å². The van der Waals surface area contributed by atoms with Crippen molar-refractivity contribution in [2.24, 2.45) is 0 Å². The second-order valence-corrected chi connectivity index (χ2v) is 5.82. The molecule has 0 aromatic carbocycles. The molecule has 1 aliphatic rings. The second-order valence-electron chi connectivity index (χ2n) is 4.83. The summed E-state index contributed by atoms with van der Waals surface area (Å²) in [6, 6.07) is -0.336. The molecule has 2 heterocycles. The van der Waals surface area contributed by atoms with Gasteiger partial charge in [0.25, 0.3) is 0 Å². The molecule has 1 aromatic heterocycles. The standard InChI is InChI=1S/C12H22N6O2S/c1-21-9-2-11(18-10-14-15-16-18)12(19)13-3-4-17-5-7-20-8-6-17/h10-11H,2-9H2,1H3,(H,13,19). The molecule has 0 spiro atoms. The van der Waals surface area contributed by atoms with E-state index in [1.165, 1.54) is 11.0 Å². The first-order chi connectivity index (χ1) is 10.3. The van der Waals surface area contributed by atoms with Crippen molar-refractivity contribution in [3.05, 3.63) is 6.33 Å². The van der Waals surface area contributed by atoms with Gasteiger partial charge in [0.1, 0.15) is 12.4 Å². The summed E-state index contributed by atoms with van der Waals surface area (Å²) in [7, 11) is 0. The van der Waals surface area contributed by atoms with Crippen LogP contribution in [0.25, 0.3) is 0 Å². The van der Waals surface area contributed by atoms with E-state index in [0.717, 1.165) is 45.0 Å². The Kier molecular flexibility index (Phi) is 6.90. The van der Waals surface area contributed by atoms with E-state index in [-0.39, 0.29) is 11.9 Å². The molecule has 8 nitrogen and oxygen atoms in total. The third-order valence-electron chi connectivity index (χ3n) is 3.41. The fourth-order valence-corrected chi connectivity index (χ4v) is 2.66. The Labute approximate surface area is 128 Å². The Bertz CT molecular complexity index is 410. The van der Waals surface area contributed by atoms with Gasteiger partial charge in [0.05, 0.1) is 13.2 Å². The van der Waals surface area contributed by atoms with Gasteiger partial charge in [-0.2, -0.15) is 11.8 Å². The van der Waals surface area contributed by atoms with E-state index < -0.39 is 0 Å². The summed E-state index contributed by atoms with van der Waals surface area (Å²) in [6.07, 6.45) is 4.23. The van der Waals surface area contributed by atoms with Crippen LogP contribution in [0.4, 0.5) is 0 Å². The van der Waals surface area contributed by atoms with Crippen LogP contribution in [0, 0.1) is 0 Å². The molecule has 0 saturated carbocycles. The highest BCUT2D eigenvalue weighted by Crippen LogP contribution is 2.12. The van der Waals surface area contributed by atoms with Crippen LogP contribution in [-0.4, -0.2) is 82.4 Å². The minimum Gasteiger partial charge on any atom is -0.379 e. The molecule has 0 aliphatic carbocycles. The second kappa shape index (κ2) is 8.96. The smallest absolute Gasteiger partial charge is 0.245 e. The topological polar surface area (TPSA) is 85.2 Å². The summed E-state index contributed by atoms with van der Waals surface area (Å²) in [5.74, 6) is 0.867. The molecule has 1 aromatic rings. The highest BCUT2D eigenvalue weighted by atomic mass is 32.2. The highest BCUT2D eigenvalue weighted by Gasteiger charge is 2.21. The number of carbonyl (C=O) groups excluding carboxylic acids is 1. The number of hydrogen-bond acceptors (Lipinski definition) is 7. The van der Waals surface area contributed by atoms with Crippen molar-refractivity contribution in [1.82, 2.24) is 30.4 Å². The van der Waals surface area contributed by atoms with Crippen molar-refractivity contribution in [2.75, 3.05) is 51.4 Å². The van der Waals surface area contributed by atoms with Crippen LogP contribution in [0.1, 0.15) is 12.5 Å². The van der Waals surface area contributed by atoms with Crippen molar-refractivity contribution in [2.45, 2.75) is 12.5 Å². The minimum absolute atomic E-state index is 0.0235. The molecule has 9 heteroatoms. The van der Waals surface area contributed by atoms with Crippen molar-refractivity contribution < 1.29 is 9.53 Å². The normalized spacial score (nSPS) is 17.6. The molecule has 1 atom stereocenters. The molecule has 2 rings (SSSR count). The Morgan fingerprint density at radius 3 is 2.95 bits per heavy atom. The Hall–Kier alpha value is -1.19. The van der Waals surface area contributed by atoms with E-state index in [4.69, 9.17) is 4.74 Å². The van der Waals surface area contributed by atoms with Gasteiger partial charge < -0.3 is 10.1 Å². The zero-order chi connectivity index (χ0) is 14.9. The monoisotopic (exact) mass is 314 g/mol. The van der Waals surface area contributed by atoms with Crippen LogP contribution in [0.15, 0.2) is 6.33 Å². The first-order valence-corrected chi connectivity index (χ1v) is 8.50. The van der Waals surface area contributed by atoms with Gasteiger partial charge in [-0.25, -0.2) is 4.68 Å². The zero-order valence-electron chi connectivity index (χ0n) is 12.3. The number of rotatable bonds is 8. The van der Waals surface area contributed by atoms with E-state index in [1.54, 1.807) is 11.8 Å². The number of morpholine rings is 1. The first kappa shape index (κ1) is 16.2. The number of ether oxygens (including phenoxy) is 1. The van der Waals surface area contributed by atoms with Gasteiger partial charge >= 0.3 is 0 Å². The van der Waals surface area contributed by atoms with Crippen LogP contribution >= 0.6 is 11.8 Å². The van der Waals surface area contributed by atoms with E-state index in [1.807, 2.05) is 6.26 Å². The molecule has 1 N–H and O–H groups in total. The van der Waals surface area contributed by atoms with Crippen molar-refractivity contribution in [3.63, 3.8) is 0 Å². The third-order valence-corrected chi connectivity index (χ3v) is 4.06. The maximum Gasteiger partial charge on any atom is 0.245 e. The largest absolute Gasteiger partial charge is 0.379 e. The highest BCUT2D eigenvalue weighted by molar-refractivity contribution is 7.98. The number of aromatic nitrogens is 4. The lowest BCUT2D eigenvalue weighted by molar-refractivity contribution is -0.124. The van der Waals surface area contributed by atoms with E-state index in [0.29, 0.717) is 6.54 Å². The first-order valence-electron chi connectivity index (χ1n) is 7.10. The van der Waals surface area contributed by atoms with Crippen LogP contribution in [0.3, 0.4) is 0 Å². The zero-order valence-corrected chi connectivity index (χ0v) is 13.1. The van der Waals surface area contributed by atoms with Crippen molar-refractivity contribution >= 4 is 17.7 Å². The number of hydrogen-bond donors (Lipinski definition) is 1. The maximum atomic E-state index is 12.3. The van der Waals surface area contributed by atoms with Crippen molar-refractivity contribution in [1.29, 1.82) is 0 Å². The molecule has 1 saturated heterocycles. The lowest BCUT2D eigenvalue weighted by Gasteiger charge is -2.26. The SMILES string of the molecule is CSCCC(C(=O)NCCN1CCOCC1)n1cnnn1. The molecular formula is C12H22N6O2S. The quantitative estimate of drug-likeness (QED) is 0.687. The number of carbonyl (C=O) groups is 1. The van der Waals surface area contributed by atoms with E-state index >= 15 is 0 Å². The van der Waals surface area contributed by atoms with Gasteiger partial charge in [0.15, 0.2) is 0 Å². The average Bonchev–Trinajstić information content (AvgIpc) is 3.03. The van der Waals surface area contributed by atoms with Crippen molar-refractivity contribution in [3.8, 4) is 0 Å². The lowest BCUT2D eigenvalue weighted by atomic mass is 10.2. The molecule has 1 fully saturated rings. The number of nitrogens with zero attached hydrogens (tertiary/aromatic N) is 5. The van der Waals surface area contributed by atoms with E-state index in [2.05, 4.69) is 25.7 Å². The summed E-state index contributed by atoms with van der Waals surface area (Å²) < 4.78 is 6.83. The number of tetrazole rings is 1. The molecule has 21 heavy (non-hydrogen) atoms. The maximum absolute atomic E-state index is 12.3. The molecule has 1 aliphatic heterocycles. The predicted molar refractivity (Wildman–Crippen MR) is 80.1 cm³/mol. The molecule has 1 unspecified atom stereocenters. The molecule has 118 valence electrons. The summed E-state index contributed by atoms with van der Waals surface area (Å²) in [6.45, 7) is 4.89. The Balaban J connectivity index is 1.77. The molecule has 1 amide bonds. The van der Waals surface area contributed by atoms with Gasteiger partial charge in [-0.3, -0.25) is 9.69 Å². The van der Waals surface area contributed by atoms with Gasteiger partial charge in [-0.1, -0.05) is 0 Å². The average molecular weight is 314 g/mol. The Morgan fingerprint density at radius 2 is 2.29 bits per heavy atom. The summed E-state index contributed by atoms with van der Waals surface area (Å²) in [5, 5.41) is 14.0. The van der Waals surface area contributed by atoms with Crippen LogP contribution in [0.2, 0.25) is 0 Å². The summed E-state index contributed by atoms with van der Waals surface area (Å²) in [5.41, 5.74) is 0. The summed E-state index contributed by atoms with van der Waals surface area (Å²) >= 11 is 1.71. The van der Waals surface area contributed by atoms with Gasteiger partial charge in [0, 0.05) is 26.2 Å². The summed E-state index contributed by atoms with van der Waals surface area (Å²) in [4.78, 5) is 14.6. The molecule has 0 bridgehead atoms. The predicted octanol–water partition coefficient (Wildman–Crippen LogP) is -0.584. The third kappa shape index (κ3) is 5.25. The molecular weight excluding hydrogens is 292 g/mol. The lowest BCUT2D eigenvalue weighted by Crippen LogP contribution is -2.42. The fourth-order valence-electron chi connectivity index (χ4n) is 2.20. The van der Waals surface area contributed by atoms with Gasteiger partial charge in [-0.05, 0) is 28.9 Å². The minimum atomic E-state index is -0.336. The number of thioether (sulfide) groups is 1. The van der Waals surface area contributed by atoms with Crippen LogP contribution in [0.5, 0.6) is 0 Å². The van der Waals surface area contributed by atoms with E-state index in [9.17, 15) is 4.79 Å². The molecule has 0 radical (unpaired) electrons. The fraction of sp³-hybridized carbons (Fsp3) is 0.833. The van der Waals surface area contributed by atoms with Crippen LogP contribution < -0.4 is 5.32 Å². The number of amides is 1.